The zero-order chi connectivity index (χ0) is 20.4. The smallest absolute Gasteiger partial charge is 0.274 e. The Labute approximate surface area is 166 Å². The zero-order valence-electron chi connectivity index (χ0n) is 16.1. The van der Waals surface area contributed by atoms with Gasteiger partial charge in [0.15, 0.2) is 5.69 Å². The number of fused-ring (bicyclic) bond motifs is 1. The van der Waals surface area contributed by atoms with Crippen LogP contribution in [0.5, 0.6) is 5.88 Å². The number of ether oxygens (including phenoxy) is 1. The molecule has 0 saturated heterocycles. The minimum Gasteiger partial charge on any atom is -0.478 e. The van der Waals surface area contributed by atoms with Crippen molar-refractivity contribution in [2.45, 2.75) is 13.5 Å². The summed E-state index contributed by atoms with van der Waals surface area (Å²) >= 11 is 0. The number of carbonyl (C=O) groups is 1. The molecule has 0 bridgehead atoms. The molecule has 2 aromatic heterocycles. The van der Waals surface area contributed by atoms with E-state index in [9.17, 15) is 9.18 Å². The van der Waals surface area contributed by atoms with Gasteiger partial charge in [-0.1, -0.05) is 24.3 Å². The number of carbonyl (C=O) groups excluding carboxylic acids is 1. The van der Waals surface area contributed by atoms with Crippen LogP contribution in [0.4, 0.5) is 4.39 Å². The molecule has 0 unspecified atom stereocenters. The summed E-state index contributed by atoms with van der Waals surface area (Å²) < 4.78 is 20.7. The topological polar surface area (TPSA) is 76.0 Å². The molecule has 0 fully saturated rings. The summed E-state index contributed by atoms with van der Waals surface area (Å²) in [4.78, 5) is 14.6. The fourth-order valence-corrected chi connectivity index (χ4v) is 3.20. The Morgan fingerprint density at radius 2 is 2.07 bits per heavy atom. The van der Waals surface area contributed by atoms with Crippen LogP contribution in [-0.4, -0.2) is 44.4 Å². The van der Waals surface area contributed by atoms with E-state index in [1.54, 1.807) is 36.3 Å². The summed E-state index contributed by atoms with van der Waals surface area (Å²) in [7, 11) is 1.71. The van der Waals surface area contributed by atoms with Crippen LogP contribution in [0.1, 0.15) is 23.0 Å². The van der Waals surface area contributed by atoms with Gasteiger partial charge in [0.2, 0.25) is 5.88 Å². The van der Waals surface area contributed by atoms with Crippen molar-refractivity contribution in [1.82, 2.24) is 24.9 Å². The highest BCUT2D eigenvalue weighted by atomic mass is 19.1. The van der Waals surface area contributed by atoms with Crippen molar-refractivity contribution >= 4 is 16.8 Å². The fraction of sp³-hybridized carbons (Fsp3) is 0.190. The molecule has 0 spiro atoms. The third-order valence-corrected chi connectivity index (χ3v) is 4.56. The first kappa shape index (κ1) is 18.7. The maximum atomic E-state index is 13.6. The van der Waals surface area contributed by atoms with Gasteiger partial charge in [0.1, 0.15) is 5.82 Å². The standard InChI is InChI=1S/C21H20FN5O2/c1-3-29-19-11-18(25-27(19)17-9-5-8-16(22)10-17)21(28)26(2)13-15-7-4-6-14-12-23-24-20(14)15/h4-12H,3,13H2,1-2H3,(H,23,24). The number of benzene rings is 2. The van der Waals surface area contributed by atoms with Crippen molar-refractivity contribution in [2.24, 2.45) is 0 Å². The van der Waals surface area contributed by atoms with Gasteiger partial charge in [0.25, 0.3) is 5.91 Å². The van der Waals surface area contributed by atoms with Crippen LogP contribution in [0, 0.1) is 5.82 Å². The highest BCUT2D eigenvalue weighted by Gasteiger charge is 2.20. The van der Waals surface area contributed by atoms with E-state index in [0.717, 1.165) is 16.5 Å². The van der Waals surface area contributed by atoms with Crippen LogP contribution in [-0.2, 0) is 6.54 Å². The van der Waals surface area contributed by atoms with E-state index < -0.39 is 5.82 Å². The molecule has 148 valence electrons. The van der Waals surface area contributed by atoms with E-state index in [1.165, 1.54) is 16.8 Å². The molecule has 7 nitrogen and oxygen atoms in total. The lowest BCUT2D eigenvalue weighted by molar-refractivity contribution is 0.0779. The number of aromatic nitrogens is 4. The summed E-state index contributed by atoms with van der Waals surface area (Å²) in [6.45, 7) is 2.61. The lowest BCUT2D eigenvalue weighted by Gasteiger charge is -2.16. The minimum atomic E-state index is -0.391. The molecule has 0 radical (unpaired) electrons. The molecule has 8 heteroatoms. The van der Waals surface area contributed by atoms with Gasteiger partial charge in [-0.15, -0.1) is 0 Å². The van der Waals surface area contributed by atoms with Crippen molar-refractivity contribution < 1.29 is 13.9 Å². The number of nitrogens with zero attached hydrogens (tertiary/aromatic N) is 4. The number of rotatable bonds is 6. The van der Waals surface area contributed by atoms with E-state index >= 15 is 0 Å². The van der Waals surface area contributed by atoms with Gasteiger partial charge in [-0.2, -0.15) is 10.2 Å². The van der Waals surface area contributed by atoms with Crippen molar-refractivity contribution in [3.05, 3.63) is 71.8 Å². The average molecular weight is 393 g/mol. The summed E-state index contributed by atoms with van der Waals surface area (Å²) in [5.74, 6) is -0.277. The van der Waals surface area contributed by atoms with Crippen LogP contribution in [0.3, 0.4) is 0 Å². The second kappa shape index (κ2) is 7.75. The van der Waals surface area contributed by atoms with Gasteiger partial charge < -0.3 is 9.64 Å². The maximum Gasteiger partial charge on any atom is 0.274 e. The predicted octanol–water partition coefficient (Wildman–Crippen LogP) is 3.56. The quantitative estimate of drug-likeness (QED) is 0.543. The van der Waals surface area contributed by atoms with Crippen molar-refractivity contribution in [3.8, 4) is 11.6 Å². The molecule has 2 aromatic carbocycles. The van der Waals surface area contributed by atoms with Gasteiger partial charge in [-0.25, -0.2) is 9.07 Å². The molecular weight excluding hydrogens is 373 g/mol. The number of aromatic amines is 1. The molecule has 4 aromatic rings. The molecule has 0 aliphatic rings. The van der Waals surface area contributed by atoms with Crippen molar-refractivity contribution in [1.29, 1.82) is 0 Å². The first-order chi connectivity index (χ1) is 14.1. The second-order valence-corrected chi connectivity index (χ2v) is 6.61. The first-order valence-corrected chi connectivity index (χ1v) is 9.22. The second-order valence-electron chi connectivity index (χ2n) is 6.61. The fourth-order valence-electron chi connectivity index (χ4n) is 3.20. The van der Waals surface area contributed by atoms with Gasteiger partial charge in [-0.3, -0.25) is 9.89 Å². The SMILES string of the molecule is CCOc1cc(C(=O)N(C)Cc2cccc3cn[nH]c23)nn1-c1cccc(F)c1. The predicted molar refractivity (Wildman–Crippen MR) is 107 cm³/mol. The Hall–Kier alpha value is -3.68. The third kappa shape index (κ3) is 3.69. The Morgan fingerprint density at radius 1 is 1.24 bits per heavy atom. The first-order valence-electron chi connectivity index (χ1n) is 9.22. The van der Waals surface area contributed by atoms with Crippen LogP contribution < -0.4 is 4.74 Å². The number of nitrogens with one attached hydrogen (secondary N) is 1. The highest BCUT2D eigenvalue weighted by Crippen LogP contribution is 2.22. The van der Waals surface area contributed by atoms with E-state index in [1.807, 2.05) is 25.1 Å². The molecule has 0 saturated carbocycles. The highest BCUT2D eigenvalue weighted by molar-refractivity contribution is 5.93. The van der Waals surface area contributed by atoms with Crippen LogP contribution in [0.25, 0.3) is 16.6 Å². The van der Waals surface area contributed by atoms with Crippen molar-refractivity contribution in [3.63, 3.8) is 0 Å². The van der Waals surface area contributed by atoms with E-state index in [4.69, 9.17) is 4.74 Å². The number of hydrogen-bond acceptors (Lipinski definition) is 4. The zero-order valence-corrected chi connectivity index (χ0v) is 16.1. The minimum absolute atomic E-state index is 0.219. The monoisotopic (exact) mass is 393 g/mol. The Bertz CT molecular complexity index is 1170. The van der Waals surface area contributed by atoms with E-state index in [-0.39, 0.29) is 11.6 Å². The molecule has 29 heavy (non-hydrogen) atoms. The van der Waals surface area contributed by atoms with Gasteiger partial charge in [-0.05, 0) is 30.7 Å². The third-order valence-electron chi connectivity index (χ3n) is 4.56. The van der Waals surface area contributed by atoms with E-state index in [0.29, 0.717) is 24.7 Å². The normalized spacial score (nSPS) is 11.0. The molecule has 0 atom stereocenters. The van der Waals surface area contributed by atoms with E-state index in [2.05, 4.69) is 15.3 Å². The number of H-pyrrole nitrogens is 1. The van der Waals surface area contributed by atoms with Gasteiger partial charge >= 0.3 is 0 Å². The number of para-hydroxylation sites is 1. The summed E-state index contributed by atoms with van der Waals surface area (Å²) in [6, 6.07) is 13.4. The summed E-state index contributed by atoms with van der Waals surface area (Å²) in [5.41, 5.74) is 2.55. The Morgan fingerprint density at radius 3 is 2.86 bits per heavy atom. The van der Waals surface area contributed by atoms with Gasteiger partial charge in [0, 0.05) is 25.0 Å². The molecule has 2 heterocycles. The van der Waals surface area contributed by atoms with Crippen LogP contribution >= 0.6 is 0 Å². The largest absolute Gasteiger partial charge is 0.478 e. The lowest BCUT2D eigenvalue weighted by Crippen LogP contribution is -2.26. The van der Waals surface area contributed by atoms with Crippen LogP contribution in [0.2, 0.25) is 0 Å². The molecular formula is C21H20FN5O2. The lowest BCUT2D eigenvalue weighted by atomic mass is 10.1. The summed E-state index contributed by atoms with van der Waals surface area (Å²) in [5, 5.41) is 12.4. The number of hydrogen-bond donors (Lipinski definition) is 1. The summed E-state index contributed by atoms with van der Waals surface area (Å²) in [6.07, 6.45) is 1.75. The Kier molecular flexibility index (Phi) is 4.99. The number of halogens is 1. The molecule has 0 aliphatic heterocycles. The van der Waals surface area contributed by atoms with Crippen molar-refractivity contribution in [2.75, 3.05) is 13.7 Å². The van der Waals surface area contributed by atoms with Gasteiger partial charge in [0.05, 0.1) is 24.0 Å². The number of amides is 1. The van der Waals surface area contributed by atoms with Crippen LogP contribution in [0.15, 0.2) is 54.7 Å². The molecule has 0 aliphatic carbocycles. The Balaban J connectivity index is 1.62. The molecule has 1 amide bonds. The maximum absolute atomic E-state index is 13.6. The molecule has 1 N–H and O–H groups in total. The average Bonchev–Trinajstić information content (AvgIpc) is 3.35. The molecule has 4 rings (SSSR count).